The van der Waals surface area contributed by atoms with Crippen LogP contribution in [0.1, 0.15) is 33.0 Å². The first kappa shape index (κ1) is 21.8. The number of hydrogen-bond acceptors (Lipinski definition) is 7. The average molecular weight is 420 g/mol. The second-order valence-electron chi connectivity index (χ2n) is 5.95. The van der Waals surface area contributed by atoms with E-state index in [1.165, 1.54) is 43.5 Å². The Hall–Kier alpha value is -3.46. The fraction of sp³-hybridized carbons (Fsp3) is 0.211. The Morgan fingerprint density at radius 3 is 2.38 bits per heavy atom. The molecular weight excluding hydrogens is 402 g/mol. The van der Waals surface area contributed by atoms with Gasteiger partial charge in [0, 0.05) is 18.6 Å². The lowest BCUT2D eigenvalue weighted by molar-refractivity contribution is -0.384. The number of esters is 2. The average Bonchev–Trinajstić information content (AvgIpc) is 3.12. The monoisotopic (exact) mass is 419 g/mol. The fourth-order valence-electron chi connectivity index (χ4n) is 2.63. The number of ether oxygens (including phenoxy) is 2. The number of hydrogen-bond donors (Lipinski definition) is 1. The normalized spacial score (nSPS) is 10.2. The van der Waals surface area contributed by atoms with Gasteiger partial charge in [0.25, 0.3) is 5.69 Å². The summed E-state index contributed by atoms with van der Waals surface area (Å²) in [5.41, 5.74) is 1.91. The number of nitrogens with one attached hydrogen (secondary N) is 1. The first-order chi connectivity index (χ1) is 13.5. The number of methoxy groups -OCH3 is 1. The highest BCUT2D eigenvalue weighted by Gasteiger charge is 2.11. The Bertz CT molecular complexity index is 1030. The van der Waals surface area contributed by atoms with Crippen molar-refractivity contribution in [1.82, 2.24) is 9.97 Å². The van der Waals surface area contributed by atoms with Crippen LogP contribution in [-0.4, -0.2) is 40.5 Å². The van der Waals surface area contributed by atoms with E-state index in [1.807, 2.05) is 0 Å². The van der Waals surface area contributed by atoms with Gasteiger partial charge < -0.3 is 14.5 Å². The number of carbonyl (C=O) groups excluding carboxylic acids is 2. The molecule has 0 unspecified atom stereocenters. The lowest BCUT2D eigenvalue weighted by atomic mass is 10.1. The van der Waals surface area contributed by atoms with Crippen LogP contribution in [-0.2, 0) is 15.9 Å². The number of rotatable bonds is 7. The number of benzene rings is 2. The highest BCUT2D eigenvalue weighted by atomic mass is 35.5. The van der Waals surface area contributed by atoms with Crippen LogP contribution in [0.25, 0.3) is 11.0 Å². The van der Waals surface area contributed by atoms with Crippen molar-refractivity contribution in [3.05, 3.63) is 69.5 Å². The highest BCUT2D eigenvalue weighted by Crippen LogP contribution is 2.19. The smallest absolute Gasteiger partial charge is 0.338 e. The van der Waals surface area contributed by atoms with Crippen molar-refractivity contribution in [2.45, 2.75) is 12.8 Å². The fourth-order valence-corrected chi connectivity index (χ4v) is 2.63. The molecule has 0 atom stereocenters. The molecule has 0 spiro atoms. The van der Waals surface area contributed by atoms with Gasteiger partial charge in [-0.05, 0) is 36.8 Å². The summed E-state index contributed by atoms with van der Waals surface area (Å²) in [7, 11) is 1.29. The van der Waals surface area contributed by atoms with Crippen LogP contribution in [0, 0.1) is 10.1 Å². The Morgan fingerprint density at radius 1 is 1.10 bits per heavy atom. The van der Waals surface area contributed by atoms with Gasteiger partial charge in [0.05, 0.1) is 40.8 Å². The molecule has 0 aliphatic carbocycles. The number of carbonyl (C=O) groups is 2. The zero-order valence-corrected chi connectivity index (χ0v) is 16.2. The lowest BCUT2D eigenvalue weighted by Gasteiger charge is -2.05. The Morgan fingerprint density at radius 2 is 1.76 bits per heavy atom. The molecule has 0 fully saturated rings. The van der Waals surface area contributed by atoms with E-state index in [9.17, 15) is 19.7 Å². The van der Waals surface area contributed by atoms with Crippen molar-refractivity contribution >= 4 is 41.1 Å². The third kappa shape index (κ3) is 5.29. The number of nitro groups is 1. The van der Waals surface area contributed by atoms with Crippen molar-refractivity contribution < 1.29 is 24.0 Å². The number of non-ortho nitro benzene ring substituents is 1. The number of imidazole rings is 1. The number of aromatic nitrogens is 2. The highest BCUT2D eigenvalue weighted by molar-refractivity contribution is 5.93. The number of aromatic amines is 1. The molecule has 0 saturated heterocycles. The Balaban J connectivity index is 0.00000300. The van der Waals surface area contributed by atoms with Gasteiger partial charge in [-0.25, -0.2) is 14.6 Å². The number of nitrogens with zero attached hydrogens (tertiary/aromatic N) is 2. The standard InChI is InChI=1S/C19H17N3O6.ClH/c1-27-18(23)12-4-6-13(7-5-12)19(24)28-10-2-3-17-20-15-9-8-14(22(25)26)11-16(15)21-17;/h4-9,11H,2-3,10H2,1H3,(H,20,21);1H. The van der Waals surface area contributed by atoms with E-state index in [2.05, 4.69) is 14.7 Å². The van der Waals surface area contributed by atoms with Crippen molar-refractivity contribution in [3.8, 4) is 0 Å². The van der Waals surface area contributed by atoms with E-state index >= 15 is 0 Å². The van der Waals surface area contributed by atoms with Crippen LogP contribution in [0.4, 0.5) is 5.69 Å². The topological polar surface area (TPSA) is 124 Å². The lowest BCUT2D eigenvalue weighted by Crippen LogP contribution is -2.08. The summed E-state index contributed by atoms with van der Waals surface area (Å²) in [6, 6.07) is 10.4. The molecule has 0 saturated carbocycles. The second kappa shape index (κ2) is 9.65. The van der Waals surface area contributed by atoms with Crippen molar-refractivity contribution in [1.29, 1.82) is 0 Å². The molecule has 1 N–H and O–H groups in total. The summed E-state index contributed by atoms with van der Waals surface area (Å²) in [5, 5.41) is 10.8. The zero-order chi connectivity index (χ0) is 20.1. The number of nitro benzene ring substituents is 1. The van der Waals surface area contributed by atoms with Crippen molar-refractivity contribution in [2.24, 2.45) is 0 Å². The second-order valence-corrected chi connectivity index (χ2v) is 5.95. The van der Waals surface area contributed by atoms with Gasteiger partial charge in [-0.15, -0.1) is 12.4 Å². The first-order valence-corrected chi connectivity index (χ1v) is 8.46. The molecule has 2 aromatic carbocycles. The van der Waals surface area contributed by atoms with Gasteiger partial charge in [0.15, 0.2) is 0 Å². The molecule has 29 heavy (non-hydrogen) atoms. The molecule has 0 bridgehead atoms. The van der Waals surface area contributed by atoms with Gasteiger partial charge in [-0.2, -0.15) is 0 Å². The van der Waals surface area contributed by atoms with Crippen LogP contribution in [0.3, 0.4) is 0 Å². The number of halogens is 1. The maximum absolute atomic E-state index is 12.0. The van der Waals surface area contributed by atoms with Crippen LogP contribution < -0.4 is 0 Å². The Kier molecular flexibility index (Phi) is 7.27. The molecule has 0 amide bonds. The van der Waals surface area contributed by atoms with Gasteiger partial charge in [0.2, 0.25) is 0 Å². The molecule has 3 rings (SSSR count). The number of H-pyrrole nitrogens is 1. The van der Waals surface area contributed by atoms with Crippen molar-refractivity contribution in [3.63, 3.8) is 0 Å². The molecule has 0 radical (unpaired) electrons. The molecule has 10 heteroatoms. The molecule has 3 aromatic rings. The first-order valence-electron chi connectivity index (χ1n) is 8.46. The minimum atomic E-state index is -0.489. The van der Waals surface area contributed by atoms with E-state index < -0.39 is 16.9 Å². The van der Waals surface area contributed by atoms with Crippen LogP contribution in [0.15, 0.2) is 42.5 Å². The summed E-state index contributed by atoms with van der Waals surface area (Å²) < 4.78 is 9.82. The largest absolute Gasteiger partial charge is 0.465 e. The van der Waals surface area contributed by atoms with Crippen molar-refractivity contribution in [2.75, 3.05) is 13.7 Å². The van der Waals surface area contributed by atoms with E-state index in [-0.39, 0.29) is 24.7 Å². The SMILES string of the molecule is COC(=O)c1ccc(C(=O)OCCCc2nc3ccc([N+](=O)[O-])cc3[nH]2)cc1.Cl. The summed E-state index contributed by atoms with van der Waals surface area (Å²) in [6.07, 6.45) is 1.06. The van der Waals surface area contributed by atoms with Gasteiger partial charge in [-0.1, -0.05) is 0 Å². The Labute approximate surface area is 171 Å². The number of fused-ring (bicyclic) bond motifs is 1. The maximum Gasteiger partial charge on any atom is 0.338 e. The minimum absolute atomic E-state index is 0. The van der Waals surface area contributed by atoms with E-state index in [0.717, 1.165) is 0 Å². The summed E-state index contributed by atoms with van der Waals surface area (Å²) >= 11 is 0. The third-order valence-corrected chi connectivity index (χ3v) is 4.06. The summed E-state index contributed by atoms with van der Waals surface area (Å²) in [6.45, 7) is 0.189. The molecule has 152 valence electrons. The molecule has 9 nitrogen and oxygen atoms in total. The predicted molar refractivity (Wildman–Crippen MR) is 106 cm³/mol. The van der Waals surface area contributed by atoms with E-state index in [0.29, 0.717) is 40.8 Å². The van der Waals surface area contributed by atoms with Crippen LogP contribution >= 0.6 is 12.4 Å². The molecule has 0 aliphatic rings. The minimum Gasteiger partial charge on any atom is -0.465 e. The maximum atomic E-state index is 12.0. The molecule has 1 aromatic heterocycles. The summed E-state index contributed by atoms with van der Waals surface area (Å²) in [4.78, 5) is 41.1. The predicted octanol–water partition coefficient (Wildman–Crippen LogP) is 3.47. The van der Waals surface area contributed by atoms with E-state index in [1.54, 1.807) is 6.07 Å². The number of aryl methyl sites for hydroxylation is 1. The van der Waals surface area contributed by atoms with E-state index in [4.69, 9.17) is 4.74 Å². The molecular formula is C19H18ClN3O6. The molecule has 0 aliphatic heterocycles. The zero-order valence-electron chi connectivity index (χ0n) is 15.4. The van der Waals surface area contributed by atoms with Gasteiger partial charge >= 0.3 is 11.9 Å². The van der Waals surface area contributed by atoms with Gasteiger partial charge in [-0.3, -0.25) is 10.1 Å². The van der Waals surface area contributed by atoms with Crippen LogP contribution in [0.5, 0.6) is 0 Å². The van der Waals surface area contributed by atoms with Gasteiger partial charge in [0.1, 0.15) is 5.82 Å². The third-order valence-electron chi connectivity index (χ3n) is 4.06. The summed E-state index contributed by atoms with van der Waals surface area (Å²) in [5.74, 6) is -0.304. The molecule has 1 heterocycles. The quantitative estimate of drug-likeness (QED) is 0.269. The van der Waals surface area contributed by atoms with Crippen LogP contribution in [0.2, 0.25) is 0 Å².